The Bertz CT molecular complexity index is 949. The lowest BCUT2D eigenvalue weighted by Gasteiger charge is -2.32. The van der Waals surface area contributed by atoms with Crippen molar-refractivity contribution < 1.29 is 4.74 Å². The van der Waals surface area contributed by atoms with E-state index in [0.29, 0.717) is 24.9 Å². The van der Waals surface area contributed by atoms with Crippen LogP contribution in [0.5, 0.6) is 0 Å². The second-order valence-electron chi connectivity index (χ2n) is 7.07. The molecule has 0 spiro atoms. The molecule has 4 rings (SSSR count). The number of nitrogen functional groups attached to an aromatic ring is 1. The summed E-state index contributed by atoms with van der Waals surface area (Å²) in [6.45, 7) is 5.02. The number of ether oxygens (including phenoxy) is 1. The Hall–Kier alpha value is -3.03. The molecule has 1 fully saturated rings. The molecule has 1 saturated heterocycles. The van der Waals surface area contributed by atoms with Gasteiger partial charge in [-0.05, 0) is 23.6 Å². The molecule has 2 aromatic carbocycles. The van der Waals surface area contributed by atoms with Crippen LogP contribution in [0.3, 0.4) is 0 Å². The van der Waals surface area contributed by atoms with Crippen LogP contribution in [-0.2, 0) is 17.7 Å². The Morgan fingerprint density at radius 3 is 2.69 bits per heavy atom. The van der Waals surface area contributed by atoms with Crippen molar-refractivity contribution in [1.29, 1.82) is 0 Å². The first-order valence-electron chi connectivity index (χ1n) is 9.95. The SMILES string of the molecule is CCc1ccccc1Nc1nc(N)nc(CN2CCOC(c3ccccc3)C2)n1. The molecule has 0 amide bonds. The third-order valence-corrected chi connectivity index (χ3v) is 5.03. The largest absolute Gasteiger partial charge is 0.371 e. The van der Waals surface area contributed by atoms with Crippen molar-refractivity contribution in [2.45, 2.75) is 26.0 Å². The van der Waals surface area contributed by atoms with Crippen LogP contribution in [0.15, 0.2) is 54.6 Å². The van der Waals surface area contributed by atoms with E-state index in [1.807, 2.05) is 36.4 Å². The first-order valence-corrected chi connectivity index (χ1v) is 9.95. The number of hydrogen-bond acceptors (Lipinski definition) is 7. The monoisotopic (exact) mass is 390 g/mol. The number of aromatic nitrogens is 3. The van der Waals surface area contributed by atoms with Gasteiger partial charge in [0.25, 0.3) is 0 Å². The molecule has 3 aromatic rings. The summed E-state index contributed by atoms with van der Waals surface area (Å²) in [6, 6.07) is 18.4. The van der Waals surface area contributed by atoms with Crippen molar-refractivity contribution in [3.05, 3.63) is 71.5 Å². The van der Waals surface area contributed by atoms with E-state index in [2.05, 4.69) is 50.3 Å². The first kappa shape index (κ1) is 19.3. The van der Waals surface area contributed by atoms with Gasteiger partial charge < -0.3 is 15.8 Å². The molecule has 1 aliphatic heterocycles. The molecule has 150 valence electrons. The van der Waals surface area contributed by atoms with Crippen LogP contribution in [0.2, 0.25) is 0 Å². The molecule has 1 unspecified atom stereocenters. The number of aryl methyl sites for hydroxylation is 1. The van der Waals surface area contributed by atoms with Crippen molar-refractivity contribution in [2.24, 2.45) is 0 Å². The minimum Gasteiger partial charge on any atom is -0.371 e. The van der Waals surface area contributed by atoms with E-state index in [4.69, 9.17) is 10.5 Å². The maximum atomic E-state index is 5.96. The predicted octanol–water partition coefficient (Wildman–Crippen LogP) is 3.33. The van der Waals surface area contributed by atoms with E-state index in [9.17, 15) is 0 Å². The molecule has 7 nitrogen and oxygen atoms in total. The fraction of sp³-hybridized carbons (Fsp3) is 0.318. The van der Waals surface area contributed by atoms with Gasteiger partial charge in [-0.3, -0.25) is 4.90 Å². The molecule has 0 radical (unpaired) electrons. The maximum Gasteiger partial charge on any atom is 0.232 e. The lowest BCUT2D eigenvalue weighted by Crippen LogP contribution is -2.38. The molecule has 1 aromatic heterocycles. The molecule has 2 heterocycles. The van der Waals surface area contributed by atoms with Crippen LogP contribution in [0.25, 0.3) is 0 Å². The minimum atomic E-state index is 0.0539. The number of nitrogens with one attached hydrogen (secondary N) is 1. The normalized spacial score (nSPS) is 17.2. The second-order valence-corrected chi connectivity index (χ2v) is 7.07. The zero-order valence-electron chi connectivity index (χ0n) is 16.6. The lowest BCUT2D eigenvalue weighted by molar-refractivity contribution is -0.0336. The van der Waals surface area contributed by atoms with Crippen LogP contribution in [0.4, 0.5) is 17.6 Å². The van der Waals surface area contributed by atoms with Gasteiger partial charge in [-0.15, -0.1) is 0 Å². The Balaban J connectivity index is 1.47. The van der Waals surface area contributed by atoms with Gasteiger partial charge in [0.05, 0.1) is 19.3 Å². The molecular formula is C22H26N6O. The Morgan fingerprint density at radius 1 is 1.07 bits per heavy atom. The number of anilines is 3. The average molecular weight is 390 g/mol. The van der Waals surface area contributed by atoms with Crippen LogP contribution in [-0.4, -0.2) is 39.5 Å². The van der Waals surface area contributed by atoms with Gasteiger partial charge >= 0.3 is 0 Å². The van der Waals surface area contributed by atoms with Gasteiger partial charge in [-0.2, -0.15) is 15.0 Å². The van der Waals surface area contributed by atoms with Gasteiger partial charge in [0.1, 0.15) is 5.82 Å². The maximum absolute atomic E-state index is 5.96. The average Bonchev–Trinajstić information content (AvgIpc) is 2.74. The van der Waals surface area contributed by atoms with Crippen LogP contribution >= 0.6 is 0 Å². The third kappa shape index (κ3) is 4.88. The van der Waals surface area contributed by atoms with Crippen LogP contribution < -0.4 is 11.1 Å². The van der Waals surface area contributed by atoms with Crippen LogP contribution in [0.1, 0.15) is 30.0 Å². The fourth-order valence-corrected chi connectivity index (χ4v) is 3.55. The van der Waals surface area contributed by atoms with Crippen molar-refractivity contribution in [3.63, 3.8) is 0 Å². The quantitative estimate of drug-likeness (QED) is 0.667. The number of benzene rings is 2. The van der Waals surface area contributed by atoms with Gasteiger partial charge in [-0.25, -0.2) is 0 Å². The highest BCUT2D eigenvalue weighted by atomic mass is 16.5. The van der Waals surface area contributed by atoms with E-state index < -0.39 is 0 Å². The van der Waals surface area contributed by atoms with E-state index in [-0.39, 0.29) is 12.1 Å². The van der Waals surface area contributed by atoms with Gasteiger partial charge in [0.15, 0.2) is 0 Å². The number of nitrogens with two attached hydrogens (primary N) is 1. The lowest BCUT2D eigenvalue weighted by atomic mass is 10.1. The Morgan fingerprint density at radius 2 is 1.86 bits per heavy atom. The second kappa shape index (κ2) is 8.98. The molecule has 1 atom stereocenters. The van der Waals surface area contributed by atoms with Crippen molar-refractivity contribution >= 4 is 17.6 Å². The summed E-state index contributed by atoms with van der Waals surface area (Å²) in [5.74, 6) is 1.35. The number of morpholine rings is 1. The summed E-state index contributed by atoms with van der Waals surface area (Å²) in [5.41, 5.74) is 9.34. The Labute approximate surface area is 171 Å². The Kier molecular flexibility index (Phi) is 5.97. The number of nitrogens with zero attached hydrogens (tertiary/aromatic N) is 4. The highest BCUT2D eigenvalue weighted by Gasteiger charge is 2.23. The molecule has 7 heteroatoms. The molecule has 29 heavy (non-hydrogen) atoms. The molecule has 1 aliphatic rings. The van der Waals surface area contributed by atoms with E-state index in [0.717, 1.165) is 25.2 Å². The predicted molar refractivity (Wildman–Crippen MR) is 114 cm³/mol. The number of hydrogen-bond donors (Lipinski definition) is 2. The molecule has 0 bridgehead atoms. The minimum absolute atomic E-state index is 0.0539. The van der Waals surface area contributed by atoms with Crippen molar-refractivity contribution in [2.75, 3.05) is 30.7 Å². The zero-order chi connectivity index (χ0) is 20.1. The summed E-state index contributed by atoms with van der Waals surface area (Å²) in [7, 11) is 0. The summed E-state index contributed by atoms with van der Waals surface area (Å²) in [6.07, 6.45) is 0.976. The third-order valence-electron chi connectivity index (χ3n) is 5.03. The van der Waals surface area contributed by atoms with Gasteiger partial charge in [0.2, 0.25) is 11.9 Å². The summed E-state index contributed by atoms with van der Waals surface area (Å²) < 4.78 is 5.95. The number of para-hydroxylation sites is 1. The first-order chi connectivity index (χ1) is 14.2. The topological polar surface area (TPSA) is 89.2 Å². The molecular weight excluding hydrogens is 364 g/mol. The van der Waals surface area contributed by atoms with Crippen molar-refractivity contribution in [1.82, 2.24) is 19.9 Å². The summed E-state index contributed by atoms with van der Waals surface area (Å²) in [5, 5.41) is 3.29. The van der Waals surface area contributed by atoms with Crippen LogP contribution in [0, 0.1) is 0 Å². The molecule has 0 aliphatic carbocycles. The smallest absolute Gasteiger partial charge is 0.232 e. The van der Waals surface area contributed by atoms with E-state index in [1.165, 1.54) is 11.1 Å². The molecule has 3 N–H and O–H groups in total. The fourth-order valence-electron chi connectivity index (χ4n) is 3.55. The van der Waals surface area contributed by atoms with Gasteiger partial charge in [0, 0.05) is 18.8 Å². The highest BCUT2D eigenvalue weighted by molar-refractivity contribution is 5.58. The zero-order valence-corrected chi connectivity index (χ0v) is 16.6. The summed E-state index contributed by atoms with van der Waals surface area (Å²) >= 11 is 0. The number of rotatable bonds is 6. The summed E-state index contributed by atoms with van der Waals surface area (Å²) in [4.78, 5) is 15.5. The molecule has 0 saturated carbocycles. The highest BCUT2D eigenvalue weighted by Crippen LogP contribution is 2.23. The van der Waals surface area contributed by atoms with E-state index in [1.54, 1.807) is 0 Å². The van der Waals surface area contributed by atoms with Crippen molar-refractivity contribution in [3.8, 4) is 0 Å². The van der Waals surface area contributed by atoms with Gasteiger partial charge in [-0.1, -0.05) is 55.5 Å². The van der Waals surface area contributed by atoms with E-state index >= 15 is 0 Å². The standard InChI is InChI=1S/C22H26N6O/c1-2-16-8-6-7-11-18(16)24-22-26-20(25-21(23)27-22)15-28-12-13-29-19(14-28)17-9-4-3-5-10-17/h3-11,19H,2,12-15H2,1H3,(H3,23,24,25,26,27).